The van der Waals surface area contributed by atoms with Crippen molar-refractivity contribution in [2.24, 2.45) is 5.92 Å². The molecule has 2 fully saturated rings. The normalized spacial score (nSPS) is 17.0. The third-order valence-corrected chi connectivity index (χ3v) is 5.71. The molecule has 2 aliphatic rings. The highest BCUT2D eigenvalue weighted by Crippen LogP contribution is 2.30. The first-order valence-corrected chi connectivity index (χ1v) is 10.1. The number of hydrogen-bond acceptors (Lipinski definition) is 7. The maximum atomic E-state index is 12.7. The number of fused-ring (bicyclic) bond motifs is 1. The number of methoxy groups -OCH3 is 1. The van der Waals surface area contributed by atoms with Crippen LogP contribution in [-0.4, -0.2) is 52.8 Å². The van der Waals surface area contributed by atoms with Crippen molar-refractivity contribution in [2.45, 2.75) is 19.4 Å². The first kappa shape index (κ1) is 17.9. The van der Waals surface area contributed by atoms with Crippen LogP contribution in [0.2, 0.25) is 0 Å². The second-order valence-electron chi connectivity index (χ2n) is 7.72. The predicted octanol–water partition coefficient (Wildman–Crippen LogP) is 1.93. The minimum atomic E-state index is 0.0634. The van der Waals surface area contributed by atoms with E-state index >= 15 is 0 Å². The van der Waals surface area contributed by atoms with Crippen LogP contribution in [0.15, 0.2) is 41.6 Å². The number of ether oxygens (including phenoxy) is 1. The Morgan fingerprint density at radius 2 is 1.86 bits per heavy atom. The van der Waals surface area contributed by atoms with Gasteiger partial charge in [-0.2, -0.15) is 4.98 Å². The van der Waals surface area contributed by atoms with Crippen molar-refractivity contribution < 1.29 is 4.74 Å². The molecule has 0 amide bonds. The highest BCUT2D eigenvalue weighted by Gasteiger charge is 2.23. The average molecular weight is 392 g/mol. The highest BCUT2D eigenvalue weighted by molar-refractivity contribution is 5.81. The smallest absolute Gasteiger partial charge is 0.261 e. The maximum absolute atomic E-state index is 12.7. The Hall–Kier alpha value is -3.16. The van der Waals surface area contributed by atoms with Gasteiger partial charge in [0, 0.05) is 50.7 Å². The van der Waals surface area contributed by atoms with Gasteiger partial charge in [-0.15, -0.1) is 0 Å². The third-order valence-electron chi connectivity index (χ3n) is 5.71. The first-order valence-electron chi connectivity index (χ1n) is 10.1. The molecule has 0 atom stereocenters. The number of benzene rings is 1. The molecule has 3 heterocycles. The van der Waals surface area contributed by atoms with E-state index in [2.05, 4.69) is 24.8 Å². The largest absolute Gasteiger partial charge is 0.481 e. The molecular formula is C21H24N6O2. The first-order chi connectivity index (χ1) is 14.2. The number of rotatable bonds is 5. The third kappa shape index (κ3) is 3.62. The Balaban J connectivity index is 1.31. The van der Waals surface area contributed by atoms with Crippen molar-refractivity contribution in [3.63, 3.8) is 0 Å². The number of aromatic nitrogens is 4. The van der Waals surface area contributed by atoms with Gasteiger partial charge < -0.3 is 14.5 Å². The van der Waals surface area contributed by atoms with E-state index in [1.165, 1.54) is 12.8 Å². The molecule has 0 bridgehead atoms. The molecule has 29 heavy (non-hydrogen) atoms. The molecule has 1 saturated heterocycles. The summed E-state index contributed by atoms with van der Waals surface area (Å²) in [6.45, 7) is 4.14. The van der Waals surface area contributed by atoms with Gasteiger partial charge in [-0.3, -0.25) is 9.36 Å². The molecule has 0 spiro atoms. The van der Waals surface area contributed by atoms with E-state index in [9.17, 15) is 4.79 Å². The summed E-state index contributed by atoms with van der Waals surface area (Å²) >= 11 is 0. The van der Waals surface area contributed by atoms with E-state index in [1.807, 2.05) is 18.2 Å². The average Bonchev–Trinajstić information content (AvgIpc) is 3.60. The molecule has 0 radical (unpaired) electrons. The lowest BCUT2D eigenvalue weighted by molar-refractivity contribution is 0.396. The predicted molar refractivity (Wildman–Crippen MR) is 112 cm³/mol. The van der Waals surface area contributed by atoms with Crippen LogP contribution in [0.4, 0.5) is 11.6 Å². The molecule has 1 aromatic carbocycles. The number of anilines is 2. The summed E-state index contributed by atoms with van der Waals surface area (Å²) in [7, 11) is 1.61. The van der Waals surface area contributed by atoms with Crippen molar-refractivity contribution in [1.82, 2.24) is 19.5 Å². The van der Waals surface area contributed by atoms with Crippen LogP contribution < -0.4 is 20.1 Å². The molecule has 8 nitrogen and oxygen atoms in total. The van der Waals surface area contributed by atoms with Crippen molar-refractivity contribution in [3.05, 3.63) is 47.1 Å². The van der Waals surface area contributed by atoms with E-state index in [4.69, 9.17) is 4.74 Å². The molecule has 2 aromatic heterocycles. The Bertz CT molecular complexity index is 1090. The standard InChI is InChI=1S/C21H24N6O2/c1-29-19-6-7-22-21(24-19)26-10-8-25(9-11-26)16-4-5-17-18(12-16)23-14-27(20(17)28)13-15-2-3-15/h4-7,12,14-15H,2-3,8-11,13H2,1H3. The van der Waals surface area contributed by atoms with Crippen LogP contribution in [0.25, 0.3) is 10.9 Å². The summed E-state index contributed by atoms with van der Waals surface area (Å²) < 4.78 is 6.95. The molecule has 3 aromatic rings. The van der Waals surface area contributed by atoms with Crippen LogP contribution in [0.1, 0.15) is 12.8 Å². The van der Waals surface area contributed by atoms with Gasteiger partial charge in [0.05, 0.1) is 24.3 Å². The summed E-state index contributed by atoms with van der Waals surface area (Å²) in [5, 5.41) is 0.695. The highest BCUT2D eigenvalue weighted by atomic mass is 16.5. The summed E-state index contributed by atoms with van der Waals surface area (Å²) in [5.41, 5.74) is 1.92. The van der Waals surface area contributed by atoms with Crippen molar-refractivity contribution in [1.29, 1.82) is 0 Å². The fraction of sp³-hybridized carbons (Fsp3) is 0.429. The molecule has 0 unspecified atom stereocenters. The van der Waals surface area contributed by atoms with E-state index < -0.39 is 0 Å². The van der Waals surface area contributed by atoms with Crippen LogP contribution in [0, 0.1) is 5.92 Å². The molecule has 5 rings (SSSR count). The number of piperazine rings is 1. The molecule has 150 valence electrons. The Kier molecular flexibility index (Phi) is 4.54. The Morgan fingerprint density at radius 1 is 1.07 bits per heavy atom. The van der Waals surface area contributed by atoms with Gasteiger partial charge >= 0.3 is 0 Å². The zero-order chi connectivity index (χ0) is 19.8. The van der Waals surface area contributed by atoms with Crippen molar-refractivity contribution in [3.8, 4) is 5.88 Å². The zero-order valence-corrected chi connectivity index (χ0v) is 16.5. The fourth-order valence-corrected chi connectivity index (χ4v) is 3.82. The quantitative estimate of drug-likeness (QED) is 0.657. The minimum absolute atomic E-state index is 0.0634. The second-order valence-corrected chi connectivity index (χ2v) is 7.72. The molecule has 8 heteroatoms. The van der Waals surface area contributed by atoms with E-state index in [-0.39, 0.29) is 5.56 Å². The minimum Gasteiger partial charge on any atom is -0.481 e. The number of nitrogens with zero attached hydrogens (tertiary/aromatic N) is 6. The van der Waals surface area contributed by atoms with Gasteiger partial charge in [0.2, 0.25) is 11.8 Å². The SMILES string of the molecule is COc1ccnc(N2CCN(c3ccc4c(=O)n(CC5CC5)cnc4c3)CC2)n1. The van der Waals surface area contributed by atoms with Crippen molar-refractivity contribution in [2.75, 3.05) is 43.1 Å². The zero-order valence-electron chi connectivity index (χ0n) is 16.5. The Morgan fingerprint density at radius 3 is 2.62 bits per heavy atom. The molecule has 0 N–H and O–H groups in total. The van der Waals surface area contributed by atoms with Crippen LogP contribution in [0.5, 0.6) is 5.88 Å². The van der Waals surface area contributed by atoms with Gasteiger partial charge in [-0.25, -0.2) is 9.97 Å². The van der Waals surface area contributed by atoms with Gasteiger partial charge in [-0.05, 0) is 37.0 Å². The van der Waals surface area contributed by atoms with Crippen LogP contribution in [0.3, 0.4) is 0 Å². The molecule has 1 aliphatic heterocycles. The number of hydrogen-bond donors (Lipinski definition) is 0. The van der Waals surface area contributed by atoms with Gasteiger partial charge in [0.15, 0.2) is 0 Å². The van der Waals surface area contributed by atoms with Crippen LogP contribution >= 0.6 is 0 Å². The molecule has 1 aliphatic carbocycles. The summed E-state index contributed by atoms with van der Waals surface area (Å²) in [5.74, 6) is 1.92. The van der Waals surface area contributed by atoms with Gasteiger partial charge in [-0.1, -0.05) is 0 Å². The summed E-state index contributed by atoms with van der Waals surface area (Å²) in [6, 6.07) is 7.72. The molecular weight excluding hydrogens is 368 g/mol. The summed E-state index contributed by atoms with van der Waals surface area (Å²) in [4.78, 5) is 30.5. The fourth-order valence-electron chi connectivity index (χ4n) is 3.82. The maximum Gasteiger partial charge on any atom is 0.261 e. The lowest BCUT2D eigenvalue weighted by Crippen LogP contribution is -2.47. The van der Waals surface area contributed by atoms with E-state index in [0.717, 1.165) is 43.9 Å². The van der Waals surface area contributed by atoms with Crippen LogP contribution in [-0.2, 0) is 6.54 Å². The second kappa shape index (κ2) is 7.35. The topological polar surface area (TPSA) is 76.4 Å². The van der Waals surface area contributed by atoms with Gasteiger partial charge in [0.25, 0.3) is 5.56 Å². The lowest BCUT2D eigenvalue weighted by atomic mass is 10.2. The van der Waals surface area contributed by atoms with E-state index in [1.54, 1.807) is 30.3 Å². The van der Waals surface area contributed by atoms with Gasteiger partial charge in [0.1, 0.15) is 0 Å². The Labute approximate surface area is 168 Å². The van der Waals surface area contributed by atoms with Crippen molar-refractivity contribution >= 4 is 22.5 Å². The lowest BCUT2D eigenvalue weighted by Gasteiger charge is -2.36. The summed E-state index contributed by atoms with van der Waals surface area (Å²) in [6.07, 6.45) is 5.86. The molecule has 1 saturated carbocycles. The van der Waals surface area contributed by atoms with E-state index in [0.29, 0.717) is 23.1 Å². The monoisotopic (exact) mass is 392 g/mol.